The summed E-state index contributed by atoms with van der Waals surface area (Å²) in [5, 5.41) is 2.70. The van der Waals surface area contributed by atoms with Gasteiger partial charge in [-0.05, 0) is 55.0 Å². The molecule has 26 heavy (non-hydrogen) atoms. The van der Waals surface area contributed by atoms with Crippen molar-refractivity contribution in [2.75, 3.05) is 6.61 Å². The van der Waals surface area contributed by atoms with E-state index >= 15 is 0 Å². The molecule has 2 aromatic rings. The number of amidine groups is 1. The molecule has 0 aromatic heterocycles. The Morgan fingerprint density at radius 2 is 2.12 bits per heavy atom. The van der Waals surface area contributed by atoms with Gasteiger partial charge in [0.2, 0.25) is 0 Å². The molecule has 0 radical (unpaired) electrons. The lowest BCUT2D eigenvalue weighted by Crippen LogP contribution is -2.33. The van der Waals surface area contributed by atoms with E-state index in [1.54, 1.807) is 6.07 Å². The first kappa shape index (κ1) is 18.1. The molecule has 5 heteroatoms. The van der Waals surface area contributed by atoms with Crippen molar-refractivity contribution >= 4 is 11.9 Å². The summed E-state index contributed by atoms with van der Waals surface area (Å²) in [6, 6.07) is 14.0. The van der Waals surface area contributed by atoms with Crippen molar-refractivity contribution in [1.82, 2.24) is 5.32 Å². The van der Waals surface area contributed by atoms with Gasteiger partial charge in [0.05, 0.1) is 12.6 Å². The average molecular weight is 354 g/mol. The molecule has 1 atom stereocenters. The highest BCUT2D eigenvalue weighted by Crippen LogP contribution is 2.32. The Balaban J connectivity index is 1.82. The zero-order chi connectivity index (χ0) is 18.4. The van der Waals surface area contributed by atoms with Gasteiger partial charge in [-0.2, -0.15) is 0 Å². The highest BCUT2D eigenvalue weighted by molar-refractivity contribution is 6.04. The minimum Gasteiger partial charge on any atom is -0.465 e. The second-order valence-corrected chi connectivity index (χ2v) is 6.35. The molecule has 0 saturated heterocycles. The number of nitrogens with one attached hydrogen (secondary N) is 1. The fraction of sp³-hybridized carbons (Fsp3) is 0.333. The first-order chi connectivity index (χ1) is 12.7. The number of carbonyl (C=O) groups excluding carboxylic acids is 1. The quantitative estimate of drug-likeness (QED) is 0.653. The zero-order valence-electron chi connectivity index (χ0n) is 14.9. The number of hydrogen-bond donors (Lipinski definition) is 1. The molecule has 3 rings (SSSR count). The SMILES string of the molecule is CCCOC(=NC1CCCc2ccccc21)NC(=O)c1cccc(F)c1. The van der Waals surface area contributed by atoms with E-state index in [1.165, 1.54) is 29.3 Å². The lowest BCUT2D eigenvalue weighted by atomic mass is 9.88. The Morgan fingerprint density at radius 1 is 1.27 bits per heavy atom. The molecule has 1 amide bonds. The molecular formula is C21H23FN2O2. The van der Waals surface area contributed by atoms with Crippen LogP contribution in [0.2, 0.25) is 0 Å². The third kappa shape index (κ3) is 4.48. The first-order valence-corrected chi connectivity index (χ1v) is 9.02. The van der Waals surface area contributed by atoms with Crippen LogP contribution in [-0.2, 0) is 11.2 Å². The molecule has 136 valence electrons. The normalized spacial score (nSPS) is 16.7. The number of hydrogen-bond acceptors (Lipinski definition) is 3. The van der Waals surface area contributed by atoms with E-state index in [0.717, 1.165) is 25.7 Å². The van der Waals surface area contributed by atoms with Crippen LogP contribution in [-0.4, -0.2) is 18.5 Å². The lowest BCUT2D eigenvalue weighted by Gasteiger charge is -2.23. The molecule has 0 aliphatic heterocycles. The largest absolute Gasteiger partial charge is 0.465 e. The smallest absolute Gasteiger partial charge is 0.292 e. The fourth-order valence-electron chi connectivity index (χ4n) is 3.11. The molecule has 0 heterocycles. The van der Waals surface area contributed by atoms with E-state index in [0.29, 0.717) is 6.61 Å². The molecule has 1 aliphatic rings. The Hall–Kier alpha value is -2.69. The highest BCUT2D eigenvalue weighted by atomic mass is 19.1. The van der Waals surface area contributed by atoms with Crippen LogP contribution in [0, 0.1) is 5.82 Å². The summed E-state index contributed by atoms with van der Waals surface area (Å²) >= 11 is 0. The van der Waals surface area contributed by atoms with E-state index in [2.05, 4.69) is 22.4 Å². The molecule has 2 aromatic carbocycles. The van der Waals surface area contributed by atoms with Gasteiger partial charge < -0.3 is 4.74 Å². The second-order valence-electron chi connectivity index (χ2n) is 6.35. The van der Waals surface area contributed by atoms with Crippen molar-refractivity contribution in [3.63, 3.8) is 0 Å². The number of carbonyl (C=O) groups is 1. The van der Waals surface area contributed by atoms with Gasteiger partial charge in [-0.15, -0.1) is 0 Å². The Bertz CT molecular complexity index is 804. The second kappa shape index (κ2) is 8.61. The average Bonchev–Trinajstić information content (AvgIpc) is 2.66. The molecule has 0 fully saturated rings. The van der Waals surface area contributed by atoms with Crippen LogP contribution in [0.1, 0.15) is 53.7 Å². The summed E-state index contributed by atoms with van der Waals surface area (Å²) in [5.41, 5.74) is 2.71. The minimum absolute atomic E-state index is 0.0420. The van der Waals surface area contributed by atoms with E-state index in [4.69, 9.17) is 4.74 Å². The number of rotatable bonds is 4. The molecule has 1 unspecified atom stereocenters. The monoisotopic (exact) mass is 354 g/mol. The van der Waals surface area contributed by atoms with Gasteiger partial charge in [-0.1, -0.05) is 37.3 Å². The van der Waals surface area contributed by atoms with Crippen LogP contribution in [0.3, 0.4) is 0 Å². The summed E-state index contributed by atoms with van der Waals surface area (Å²) in [6.07, 6.45) is 3.80. The van der Waals surface area contributed by atoms with Crippen LogP contribution in [0.25, 0.3) is 0 Å². The summed E-state index contributed by atoms with van der Waals surface area (Å²) in [5.74, 6) is -0.879. The fourth-order valence-corrected chi connectivity index (χ4v) is 3.11. The summed E-state index contributed by atoms with van der Waals surface area (Å²) in [6.45, 7) is 2.44. The maximum atomic E-state index is 13.4. The summed E-state index contributed by atoms with van der Waals surface area (Å²) < 4.78 is 19.0. The van der Waals surface area contributed by atoms with Crippen molar-refractivity contribution < 1.29 is 13.9 Å². The molecule has 0 bridgehead atoms. The molecule has 0 saturated carbocycles. The molecule has 4 nitrogen and oxygen atoms in total. The van der Waals surface area contributed by atoms with Gasteiger partial charge in [-0.25, -0.2) is 9.38 Å². The van der Waals surface area contributed by atoms with E-state index in [1.807, 2.05) is 19.1 Å². The number of aryl methyl sites for hydroxylation is 1. The van der Waals surface area contributed by atoms with Crippen LogP contribution in [0.5, 0.6) is 0 Å². The highest BCUT2D eigenvalue weighted by Gasteiger charge is 2.21. The van der Waals surface area contributed by atoms with E-state index < -0.39 is 11.7 Å². The van der Waals surface area contributed by atoms with Gasteiger partial charge >= 0.3 is 0 Å². The summed E-state index contributed by atoms with van der Waals surface area (Å²) in [4.78, 5) is 17.1. The molecule has 1 aliphatic carbocycles. The number of fused-ring (bicyclic) bond motifs is 1. The van der Waals surface area contributed by atoms with Crippen molar-refractivity contribution in [2.24, 2.45) is 4.99 Å². The predicted octanol–water partition coefficient (Wildman–Crippen LogP) is 4.42. The maximum Gasteiger partial charge on any atom is 0.292 e. The van der Waals surface area contributed by atoms with Crippen LogP contribution >= 0.6 is 0 Å². The van der Waals surface area contributed by atoms with E-state index in [-0.39, 0.29) is 17.6 Å². The van der Waals surface area contributed by atoms with E-state index in [9.17, 15) is 9.18 Å². The van der Waals surface area contributed by atoms with Crippen molar-refractivity contribution in [2.45, 2.75) is 38.6 Å². The van der Waals surface area contributed by atoms with Gasteiger partial charge in [-0.3, -0.25) is 10.1 Å². The lowest BCUT2D eigenvalue weighted by molar-refractivity contribution is 0.0964. The third-order valence-corrected chi connectivity index (χ3v) is 4.36. The number of nitrogens with zero attached hydrogens (tertiary/aromatic N) is 1. The number of amides is 1. The van der Waals surface area contributed by atoms with Gasteiger partial charge in [0.15, 0.2) is 0 Å². The first-order valence-electron chi connectivity index (χ1n) is 9.02. The number of halogens is 1. The van der Waals surface area contributed by atoms with Crippen molar-refractivity contribution in [1.29, 1.82) is 0 Å². The van der Waals surface area contributed by atoms with Gasteiger partial charge in [0.1, 0.15) is 5.82 Å². The third-order valence-electron chi connectivity index (χ3n) is 4.36. The number of aliphatic imine (C=N–C) groups is 1. The van der Waals surface area contributed by atoms with Crippen LogP contribution in [0.4, 0.5) is 4.39 Å². The topological polar surface area (TPSA) is 50.7 Å². The van der Waals surface area contributed by atoms with Crippen molar-refractivity contribution in [3.05, 3.63) is 71.0 Å². The molecular weight excluding hydrogens is 331 g/mol. The standard InChI is InChI=1S/C21H23FN2O2/c1-2-13-26-21(24-20(25)16-9-5-10-17(22)14-16)23-19-12-6-8-15-7-3-4-11-18(15)19/h3-5,7,9-11,14,19H,2,6,8,12-13H2,1H3,(H,23,24,25). The van der Waals surface area contributed by atoms with Crippen LogP contribution in [0.15, 0.2) is 53.5 Å². The Morgan fingerprint density at radius 3 is 2.92 bits per heavy atom. The molecule has 1 N–H and O–H groups in total. The van der Waals surface area contributed by atoms with Gasteiger partial charge in [0.25, 0.3) is 11.9 Å². The predicted molar refractivity (Wildman–Crippen MR) is 99.7 cm³/mol. The van der Waals surface area contributed by atoms with Crippen LogP contribution < -0.4 is 5.32 Å². The number of ether oxygens (including phenoxy) is 1. The summed E-state index contributed by atoms with van der Waals surface area (Å²) in [7, 11) is 0. The maximum absolute atomic E-state index is 13.4. The van der Waals surface area contributed by atoms with Crippen molar-refractivity contribution in [3.8, 4) is 0 Å². The number of benzene rings is 2. The zero-order valence-corrected chi connectivity index (χ0v) is 14.9. The minimum atomic E-state index is -0.452. The molecule has 0 spiro atoms. The Kier molecular flexibility index (Phi) is 6.00. The Labute approximate surface area is 153 Å². The van der Waals surface area contributed by atoms with Gasteiger partial charge in [0, 0.05) is 5.56 Å².